The maximum absolute atomic E-state index is 10.4. The standard InChI is InChI=1S/C14H18N2O2/c1-9-8-12(18-4)10(2)7-11(9)13(17)14-15-5-6-16(14)3/h5-8,13,17H,1-4H3. The van der Waals surface area contributed by atoms with Gasteiger partial charge in [-0.25, -0.2) is 4.98 Å². The zero-order valence-corrected chi connectivity index (χ0v) is 11.1. The third-order valence-corrected chi connectivity index (χ3v) is 3.18. The molecule has 0 amide bonds. The minimum absolute atomic E-state index is 0.641. The van der Waals surface area contributed by atoms with Crippen molar-refractivity contribution < 1.29 is 9.84 Å². The van der Waals surface area contributed by atoms with Crippen LogP contribution in [-0.2, 0) is 7.05 Å². The van der Waals surface area contributed by atoms with Gasteiger partial charge in [-0.05, 0) is 42.7 Å². The topological polar surface area (TPSA) is 47.3 Å². The van der Waals surface area contributed by atoms with E-state index in [1.807, 2.05) is 43.8 Å². The highest BCUT2D eigenvalue weighted by molar-refractivity contribution is 5.43. The summed E-state index contributed by atoms with van der Waals surface area (Å²) < 4.78 is 7.10. The van der Waals surface area contributed by atoms with Gasteiger partial charge in [0.2, 0.25) is 0 Å². The molecule has 1 N–H and O–H groups in total. The molecular formula is C14H18N2O2. The van der Waals surface area contributed by atoms with Crippen molar-refractivity contribution in [2.45, 2.75) is 20.0 Å². The smallest absolute Gasteiger partial charge is 0.142 e. The maximum atomic E-state index is 10.4. The van der Waals surface area contributed by atoms with Crippen LogP contribution < -0.4 is 4.74 Å². The number of nitrogens with zero attached hydrogens (tertiary/aromatic N) is 2. The maximum Gasteiger partial charge on any atom is 0.142 e. The molecule has 0 radical (unpaired) electrons. The van der Waals surface area contributed by atoms with Crippen molar-refractivity contribution in [3.05, 3.63) is 47.0 Å². The molecule has 0 bridgehead atoms. The first-order valence-corrected chi connectivity index (χ1v) is 5.85. The van der Waals surface area contributed by atoms with Crippen LogP contribution in [0, 0.1) is 13.8 Å². The second-order valence-electron chi connectivity index (χ2n) is 4.48. The molecular weight excluding hydrogens is 228 g/mol. The summed E-state index contributed by atoms with van der Waals surface area (Å²) in [5, 5.41) is 10.4. The normalized spacial score (nSPS) is 12.5. The van der Waals surface area contributed by atoms with Crippen LogP contribution in [0.15, 0.2) is 24.5 Å². The fraction of sp³-hybridized carbons (Fsp3) is 0.357. The van der Waals surface area contributed by atoms with Crippen molar-refractivity contribution in [2.75, 3.05) is 7.11 Å². The summed E-state index contributed by atoms with van der Waals surface area (Å²) in [5.74, 6) is 1.48. The fourth-order valence-corrected chi connectivity index (χ4v) is 2.11. The number of ether oxygens (including phenoxy) is 1. The van der Waals surface area contributed by atoms with Crippen LogP contribution in [0.25, 0.3) is 0 Å². The second-order valence-corrected chi connectivity index (χ2v) is 4.48. The molecule has 0 fully saturated rings. The molecule has 0 saturated heterocycles. The number of hydrogen-bond donors (Lipinski definition) is 1. The molecule has 96 valence electrons. The monoisotopic (exact) mass is 246 g/mol. The van der Waals surface area contributed by atoms with Crippen molar-refractivity contribution >= 4 is 0 Å². The summed E-state index contributed by atoms with van der Waals surface area (Å²) in [6, 6.07) is 3.89. The molecule has 4 nitrogen and oxygen atoms in total. The first kappa shape index (κ1) is 12.6. The lowest BCUT2D eigenvalue weighted by Crippen LogP contribution is -2.09. The van der Waals surface area contributed by atoms with Crippen molar-refractivity contribution in [3.63, 3.8) is 0 Å². The summed E-state index contributed by atoms with van der Waals surface area (Å²) in [7, 11) is 3.52. The molecule has 1 heterocycles. The molecule has 0 aliphatic heterocycles. The Morgan fingerprint density at radius 2 is 2.00 bits per heavy atom. The number of imidazole rings is 1. The van der Waals surface area contributed by atoms with E-state index < -0.39 is 6.10 Å². The number of aliphatic hydroxyl groups excluding tert-OH is 1. The Morgan fingerprint density at radius 3 is 2.56 bits per heavy atom. The van der Waals surface area contributed by atoms with Gasteiger partial charge >= 0.3 is 0 Å². The highest BCUT2D eigenvalue weighted by atomic mass is 16.5. The van der Waals surface area contributed by atoms with E-state index in [1.54, 1.807) is 13.3 Å². The number of aromatic nitrogens is 2. The zero-order chi connectivity index (χ0) is 13.3. The van der Waals surface area contributed by atoms with Gasteiger partial charge in [-0.15, -0.1) is 0 Å². The van der Waals surface area contributed by atoms with Gasteiger partial charge < -0.3 is 14.4 Å². The number of aryl methyl sites for hydroxylation is 3. The third-order valence-electron chi connectivity index (χ3n) is 3.18. The number of rotatable bonds is 3. The van der Waals surface area contributed by atoms with Crippen LogP contribution in [0.1, 0.15) is 28.6 Å². The lowest BCUT2D eigenvalue weighted by molar-refractivity contribution is 0.205. The number of benzene rings is 1. The van der Waals surface area contributed by atoms with Gasteiger partial charge in [-0.1, -0.05) is 0 Å². The number of hydrogen-bond acceptors (Lipinski definition) is 3. The first-order chi connectivity index (χ1) is 8.54. The van der Waals surface area contributed by atoms with Gasteiger partial charge in [-0.3, -0.25) is 0 Å². The summed E-state index contributed by atoms with van der Waals surface area (Å²) >= 11 is 0. The van der Waals surface area contributed by atoms with Gasteiger partial charge in [0.1, 0.15) is 17.7 Å². The molecule has 2 aromatic rings. The molecule has 2 rings (SSSR count). The average Bonchev–Trinajstić information content (AvgIpc) is 2.77. The molecule has 0 aliphatic carbocycles. The van der Waals surface area contributed by atoms with Crippen molar-refractivity contribution in [2.24, 2.45) is 7.05 Å². The highest BCUT2D eigenvalue weighted by Gasteiger charge is 2.18. The van der Waals surface area contributed by atoms with Gasteiger partial charge in [0.25, 0.3) is 0 Å². The van der Waals surface area contributed by atoms with Crippen LogP contribution >= 0.6 is 0 Å². The van der Waals surface area contributed by atoms with E-state index in [9.17, 15) is 5.11 Å². The quantitative estimate of drug-likeness (QED) is 0.902. The van der Waals surface area contributed by atoms with E-state index in [-0.39, 0.29) is 0 Å². The molecule has 0 aliphatic rings. The second kappa shape index (κ2) is 4.82. The third kappa shape index (κ3) is 2.11. The Balaban J connectivity index is 2.46. The van der Waals surface area contributed by atoms with E-state index in [0.29, 0.717) is 5.82 Å². The van der Waals surface area contributed by atoms with Crippen molar-refractivity contribution in [3.8, 4) is 5.75 Å². The predicted molar refractivity (Wildman–Crippen MR) is 69.7 cm³/mol. The van der Waals surface area contributed by atoms with Crippen LogP contribution in [0.2, 0.25) is 0 Å². The number of aliphatic hydroxyl groups is 1. The predicted octanol–water partition coefficient (Wildman–Crippen LogP) is 2.13. The van der Waals surface area contributed by atoms with Gasteiger partial charge in [0.15, 0.2) is 0 Å². The Kier molecular flexibility index (Phi) is 3.39. The van der Waals surface area contributed by atoms with E-state index in [2.05, 4.69) is 4.98 Å². The Labute approximate surface area is 107 Å². The Hall–Kier alpha value is -1.81. The van der Waals surface area contributed by atoms with Crippen LogP contribution in [-0.4, -0.2) is 21.8 Å². The van der Waals surface area contributed by atoms with E-state index >= 15 is 0 Å². The molecule has 1 unspecified atom stereocenters. The molecule has 1 aromatic carbocycles. The van der Waals surface area contributed by atoms with Gasteiger partial charge in [0, 0.05) is 19.4 Å². The minimum atomic E-state index is -0.713. The summed E-state index contributed by atoms with van der Waals surface area (Å²) in [6.07, 6.45) is 2.80. The minimum Gasteiger partial charge on any atom is -0.496 e. The molecule has 1 atom stereocenters. The van der Waals surface area contributed by atoms with Crippen LogP contribution in [0.3, 0.4) is 0 Å². The Bertz CT molecular complexity index is 561. The molecule has 4 heteroatoms. The molecule has 18 heavy (non-hydrogen) atoms. The summed E-state index contributed by atoms with van der Waals surface area (Å²) in [5.41, 5.74) is 2.86. The number of methoxy groups -OCH3 is 1. The van der Waals surface area contributed by atoms with Crippen LogP contribution in [0.4, 0.5) is 0 Å². The summed E-state index contributed by atoms with van der Waals surface area (Å²) in [6.45, 7) is 3.93. The molecule has 0 spiro atoms. The SMILES string of the molecule is COc1cc(C)c(C(O)c2nccn2C)cc1C. The van der Waals surface area contributed by atoms with Crippen molar-refractivity contribution in [1.82, 2.24) is 9.55 Å². The lowest BCUT2D eigenvalue weighted by Gasteiger charge is -2.16. The lowest BCUT2D eigenvalue weighted by atomic mass is 9.99. The zero-order valence-electron chi connectivity index (χ0n) is 11.1. The molecule has 0 saturated carbocycles. The molecule has 1 aromatic heterocycles. The van der Waals surface area contributed by atoms with Gasteiger partial charge in [0.05, 0.1) is 7.11 Å². The van der Waals surface area contributed by atoms with E-state index in [0.717, 1.165) is 22.4 Å². The van der Waals surface area contributed by atoms with Gasteiger partial charge in [-0.2, -0.15) is 0 Å². The highest BCUT2D eigenvalue weighted by Crippen LogP contribution is 2.29. The fourth-order valence-electron chi connectivity index (χ4n) is 2.11. The average molecular weight is 246 g/mol. The first-order valence-electron chi connectivity index (χ1n) is 5.85. The van der Waals surface area contributed by atoms with Crippen LogP contribution in [0.5, 0.6) is 5.75 Å². The summed E-state index contributed by atoms with van der Waals surface area (Å²) in [4.78, 5) is 4.19. The Morgan fingerprint density at radius 1 is 1.28 bits per heavy atom. The van der Waals surface area contributed by atoms with E-state index in [1.165, 1.54) is 0 Å². The van der Waals surface area contributed by atoms with E-state index in [4.69, 9.17) is 4.74 Å². The largest absolute Gasteiger partial charge is 0.496 e. The van der Waals surface area contributed by atoms with Crippen molar-refractivity contribution in [1.29, 1.82) is 0 Å².